The number of ether oxygens (including phenoxy) is 1. The Morgan fingerprint density at radius 3 is 2.67 bits per heavy atom. The van der Waals surface area contributed by atoms with Crippen LogP contribution >= 0.6 is 11.6 Å². The lowest BCUT2D eigenvalue weighted by Gasteiger charge is -2.30. The molecule has 1 aromatic heterocycles. The fraction of sp³-hybridized carbons (Fsp3) is 0.300. The van der Waals surface area contributed by atoms with Crippen LogP contribution in [0.2, 0.25) is 5.02 Å². The second-order valence-electron chi connectivity index (χ2n) is 10.7. The maximum absolute atomic E-state index is 14.1. The predicted molar refractivity (Wildman–Crippen MR) is 145 cm³/mol. The molecule has 1 aliphatic heterocycles. The number of aromatic hydroxyl groups is 2. The number of carbonyl (C=O) groups excluding carboxylic acids is 3. The highest BCUT2D eigenvalue weighted by atomic mass is 35.5. The van der Waals surface area contributed by atoms with Crippen LogP contribution in [-0.2, 0) is 21.4 Å². The molecule has 4 N–H and O–H groups in total. The van der Waals surface area contributed by atoms with E-state index in [1.807, 2.05) is 18.2 Å². The van der Waals surface area contributed by atoms with Gasteiger partial charge in [-0.1, -0.05) is 11.6 Å². The van der Waals surface area contributed by atoms with Gasteiger partial charge in [-0.2, -0.15) is 0 Å². The molecule has 2 atom stereocenters. The Hall–Kier alpha value is -4.04. The molecule has 2 aromatic carbocycles. The van der Waals surface area contributed by atoms with Crippen molar-refractivity contribution in [3.63, 3.8) is 0 Å². The molecule has 0 saturated heterocycles. The molecule has 3 aliphatic rings. The third-order valence-corrected chi connectivity index (χ3v) is 8.55. The second kappa shape index (κ2) is 8.48. The van der Waals surface area contributed by atoms with Gasteiger partial charge in [0.15, 0.2) is 17.3 Å². The number of carbonyl (C=O) groups is 3. The molecule has 8 nitrogen and oxygen atoms in total. The quantitative estimate of drug-likeness (QED) is 0.197. The van der Waals surface area contributed by atoms with Gasteiger partial charge in [0, 0.05) is 39.0 Å². The first kappa shape index (κ1) is 25.2. The van der Waals surface area contributed by atoms with E-state index in [0.29, 0.717) is 10.7 Å². The zero-order valence-corrected chi connectivity index (χ0v) is 22.7. The van der Waals surface area contributed by atoms with Crippen molar-refractivity contribution in [2.45, 2.75) is 58.4 Å². The van der Waals surface area contributed by atoms with Gasteiger partial charge in [-0.25, -0.2) is 0 Å². The standard InChI is InChI=1S/C30H27ClN2O6/c1-12-26(36)23(14(3)34)28-24(27(12)37)30(4)21(39-28)11-20(35)22(29(30)38)13(2)32-19-7-5-6-16-17-10-15(31)8-9-18(17)33-25(16)19/h8-11,19,32-33,36-37H,5-7H2,1-4H3/b22-13+/t19-,30-/m0/s1. The Bertz CT molecular complexity index is 1730. The number of rotatable bonds is 3. The molecule has 9 heteroatoms. The molecule has 2 heterocycles. The zero-order chi connectivity index (χ0) is 28.0. The summed E-state index contributed by atoms with van der Waals surface area (Å²) in [6.45, 7) is 5.98. The van der Waals surface area contributed by atoms with Crippen molar-refractivity contribution >= 4 is 39.9 Å². The lowest BCUT2D eigenvalue weighted by molar-refractivity contribution is -0.123. The molecule has 0 spiro atoms. The first-order valence-electron chi connectivity index (χ1n) is 12.8. The monoisotopic (exact) mass is 546 g/mol. The van der Waals surface area contributed by atoms with Gasteiger partial charge < -0.3 is 25.3 Å². The van der Waals surface area contributed by atoms with E-state index in [1.54, 1.807) is 13.8 Å². The van der Waals surface area contributed by atoms with Gasteiger partial charge >= 0.3 is 0 Å². The molecular weight excluding hydrogens is 520 g/mol. The number of phenols is 2. The lowest BCUT2D eigenvalue weighted by Crippen LogP contribution is -2.41. The van der Waals surface area contributed by atoms with E-state index in [1.165, 1.54) is 25.5 Å². The highest BCUT2D eigenvalue weighted by molar-refractivity contribution is 6.32. The van der Waals surface area contributed by atoms with Crippen LogP contribution in [0.5, 0.6) is 17.2 Å². The number of aromatic amines is 1. The van der Waals surface area contributed by atoms with Crippen LogP contribution < -0.4 is 10.1 Å². The molecule has 0 fully saturated rings. The Kier molecular flexibility index (Phi) is 5.49. The Labute approximate surface area is 229 Å². The number of hydrogen-bond donors (Lipinski definition) is 4. The molecule has 39 heavy (non-hydrogen) atoms. The number of Topliss-reactive ketones (excluding diaryl/α,β-unsaturated/α-hetero) is 2. The van der Waals surface area contributed by atoms with Gasteiger partial charge in [0.1, 0.15) is 34.0 Å². The average Bonchev–Trinajstić information content (AvgIpc) is 3.39. The van der Waals surface area contributed by atoms with Gasteiger partial charge in [-0.15, -0.1) is 0 Å². The first-order valence-corrected chi connectivity index (χ1v) is 13.2. The molecule has 0 amide bonds. The Morgan fingerprint density at radius 1 is 1.21 bits per heavy atom. The van der Waals surface area contributed by atoms with Crippen LogP contribution in [0.15, 0.2) is 41.3 Å². The van der Waals surface area contributed by atoms with E-state index in [9.17, 15) is 24.6 Å². The van der Waals surface area contributed by atoms with Gasteiger partial charge in [-0.3, -0.25) is 14.4 Å². The van der Waals surface area contributed by atoms with E-state index in [2.05, 4.69) is 10.3 Å². The van der Waals surface area contributed by atoms with Crippen molar-refractivity contribution in [2.24, 2.45) is 0 Å². The van der Waals surface area contributed by atoms with Crippen LogP contribution in [-0.4, -0.2) is 32.5 Å². The number of ketones is 3. The minimum Gasteiger partial charge on any atom is -0.507 e. The smallest absolute Gasteiger partial charge is 0.194 e. The summed E-state index contributed by atoms with van der Waals surface area (Å²) >= 11 is 6.24. The molecule has 0 radical (unpaired) electrons. The number of nitrogens with one attached hydrogen (secondary N) is 2. The summed E-state index contributed by atoms with van der Waals surface area (Å²) in [6.07, 6.45) is 3.84. The van der Waals surface area contributed by atoms with Gasteiger partial charge in [0.05, 0.1) is 17.2 Å². The fourth-order valence-electron chi connectivity index (χ4n) is 6.28. The summed E-state index contributed by atoms with van der Waals surface area (Å²) < 4.78 is 5.85. The number of benzene rings is 2. The molecule has 3 aromatic rings. The number of H-pyrrole nitrogens is 1. The summed E-state index contributed by atoms with van der Waals surface area (Å²) in [7, 11) is 0. The van der Waals surface area contributed by atoms with Crippen molar-refractivity contribution in [1.29, 1.82) is 0 Å². The number of aromatic nitrogens is 1. The van der Waals surface area contributed by atoms with Gasteiger partial charge in [0.2, 0.25) is 0 Å². The first-order chi connectivity index (χ1) is 18.4. The number of aryl methyl sites for hydroxylation is 1. The van der Waals surface area contributed by atoms with E-state index < -0.39 is 28.5 Å². The van der Waals surface area contributed by atoms with Crippen molar-refractivity contribution in [3.8, 4) is 17.2 Å². The SMILES string of the molecule is CC(=O)c1c(O)c(C)c(O)c2c1OC1=CC(=O)/C(=C(/C)N[C@H]3CCCc4c3[nH]c3ccc(Cl)cc43)C(=O)[C@@]12C. The van der Waals surface area contributed by atoms with Gasteiger partial charge in [-0.05, 0) is 70.7 Å². The summed E-state index contributed by atoms with van der Waals surface area (Å²) in [5, 5.41) is 26.7. The van der Waals surface area contributed by atoms with E-state index in [-0.39, 0.29) is 45.6 Å². The molecule has 2 aliphatic carbocycles. The maximum atomic E-state index is 14.1. The Balaban J connectivity index is 1.45. The number of fused-ring (bicyclic) bond motifs is 6. The second-order valence-corrected chi connectivity index (χ2v) is 11.1. The highest BCUT2D eigenvalue weighted by Crippen LogP contribution is 2.57. The predicted octanol–water partition coefficient (Wildman–Crippen LogP) is 5.37. The maximum Gasteiger partial charge on any atom is 0.194 e. The van der Waals surface area contributed by atoms with Crippen molar-refractivity contribution in [1.82, 2.24) is 10.3 Å². The van der Waals surface area contributed by atoms with Crippen LogP contribution in [0.1, 0.15) is 72.4 Å². The van der Waals surface area contributed by atoms with Crippen LogP contribution in [0, 0.1) is 6.92 Å². The average molecular weight is 547 g/mol. The van der Waals surface area contributed by atoms with Crippen LogP contribution in [0.3, 0.4) is 0 Å². The summed E-state index contributed by atoms with van der Waals surface area (Å²) in [4.78, 5) is 43.3. The summed E-state index contributed by atoms with van der Waals surface area (Å²) in [5.74, 6) is -2.42. The number of halogens is 1. The van der Waals surface area contributed by atoms with Crippen molar-refractivity contribution in [3.05, 3.63) is 74.3 Å². The number of allylic oxidation sites excluding steroid dienone is 4. The zero-order valence-electron chi connectivity index (χ0n) is 21.9. The number of phenolic OH excluding ortho intramolecular Hbond substituents is 2. The largest absolute Gasteiger partial charge is 0.507 e. The third-order valence-electron chi connectivity index (χ3n) is 8.32. The lowest BCUT2D eigenvalue weighted by atomic mass is 9.70. The minimum absolute atomic E-state index is 0.0132. The molecular formula is C30H27ClN2O6. The topological polar surface area (TPSA) is 129 Å². The normalized spacial score (nSPS) is 23.1. The van der Waals surface area contributed by atoms with Crippen LogP contribution in [0.25, 0.3) is 10.9 Å². The minimum atomic E-state index is -1.55. The fourth-order valence-corrected chi connectivity index (χ4v) is 6.45. The van der Waals surface area contributed by atoms with E-state index in [0.717, 1.165) is 35.9 Å². The Morgan fingerprint density at radius 2 is 1.95 bits per heavy atom. The summed E-state index contributed by atoms with van der Waals surface area (Å²) in [5.41, 5.74) is 1.96. The van der Waals surface area contributed by atoms with Crippen LogP contribution in [0.4, 0.5) is 0 Å². The highest BCUT2D eigenvalue weighted by Gasteiger charge is 2.56. The van der Waals surface area contributed by atoms with E-state index >= 15 is 0 Å². The third kappa shape index (κ3) is 3.40. The van der Waals surface area contributed by atoms with Crippen molar-refractivity contribution < 1.29 is 29.3 Å². The molecule has 200 valence electrons. The molecule has 0 saturated carbocycles. The number of hydrogen-bond acceptors (Lipinski definition) is 7. The van der Waals surface area contributed by atoms with Crippen molar-refractivity contribution in [2.75, 3.05) is 0 Å². The summed E-state index contributed by atoms with van der Waals surface area (Å²) in [6, 6.07) is 5.57. The molecule has 0 bridgehead atoms. The van der Waals surface area contributed by atoms with Gasteiger partial charge in [0.25, 0.3) is 0 Å². The van der Waals surface area contributed by atoms with E-state index in [4.69, 9.17) is 16.3 Å². The molecule has 0 unspecified atom stereocenters. The molecule has 6 rings (SSSR count).